The van der Waals surface area contributed by atoms with Crippen LogP contribution < -0.4 is 10.5 Å². The summed E-state index contributed by atoms with van der Waals surface area (Å²) in [5.41, 5.74) is 11.2. The number of carbonyl (C=O) groups is 2. The SMILES string of the molecule is COc1cc(C(=O)N2CC3CCC2[C@@H]3N)cc2nc(-c3cc4cccnc4n3CC3CC3)n(C3CCN(C(=O)c4ccnc(C#N)c4)CC3)c12. The first kappa shape index (κ1) is 30.8. The van der Waals surface area contributed by atoms with Gasteiger partial charge in [0, 0.05) is 73.2 Å². The first-order valence-electron chi connectivity index (χ1n) is 17.7. The molecule has 2 aliphatic heterocycles. The van der Waals surface area contributed by atoms with Gasteiger partial charge in [0.2, 0.25) is 0 Å². The lowest BCUT2D eigenvalue weighted by Gasteiger charge is -2.34. The number of nitrogens with two attached hydrogens (primary N) is 1. The van der Waals surface area contributed by atoms with Crippen LogP contribution in [-0.4, -0.2) is 84.5 Å². The molecule has 2 N–H and O–H groups in total. The second-order valence-corrected chi connectivity index (χ2v) is 14.4. The smallest absolute Gasteiger partial charge is 0.254 e. The van der Waals surface area contributed by atoms with Gasteiger partial charge in [-0.1, -0.05) is 0 Å². The van der Waals surface area contributed by atoms with Crippen molar-refractivity contribution in [1.29, 1.82) is 5.26 Å². The van der Waals surface area contributed by atoms with Crippen LogP contribution >= 0.6 is 0 Å². The molecule has 1 aromatic carbocycles. The average Bonchev–Trinajstić information content (AvgIpc) is 3.49. The second-order valence-electron chi connectivity index (χ2n) is 14.4. The lowest BCUT2D eigenvalue weighted by Crippen LogP contribution is -2.41. The van der Waals surface area contributed by atoms with Crippen molar-refractivity contribution in [2.24, 2.45) is 17.6 Å². The van der Waals surface area contributed by atoms with Crippen molar-refractivity contribution in [2.45, 2.75) is 63.2 Å². The molecule has 0 spiro atoms. The fourth-order valence-corrected chi connectivity index (χ4v) is 8.61. The number of benzene rings is 1. The third-order valence-corrected chi connectivity index (χ3v) is 11.4. The number of aromatic nitrogens is 5. The van der Waals surface area contributed by atoms with Crippen LogP contribution in [0.2, 0.25) is 0 Å². The topological polar surface area (TPSA) is 148 Å². The molecule has 12 nitrogen and oxygen atoms in total. The predicted octanol–water partition coefficient (Wildman–Crippen LogP) is 4.78. The summed E-state index contributed by atoms with van der Waals surface area (Å²) in [5.74, 6) is 2.23. The van der Waals surface area contributed by atoms with E-state index in [0.717, 1.165) is 47.5 Å². The summed E-state index contributed by atoms with van der Waals surface area (Å²) < 4.78 is 10.7. The normalized spacial score (nSPS) is 22.1. The number of pyridine rings is 2. The van der Waals surface area contributed by atoms with E-state index in [1.807, 2.05) is 40.3 Å². The van der Waals surface area contributed by atoms with Crippen LogP contribution in [0.3, 0.4) is 0 Å². The van der Waals surface area contributed by atoms with Gasteiger partial charge in [0.1, 0.15) is 28.7 Å². The van der Waals surface area contributed by atoms with Crippen molar-refractivity contribution in [2.75, 3.05) is 26.7 Å². The molecular formula is C38H39N9O3. The third-order valence-electron chi connectivity index (χ3n) is 11.4. The number of imidazole rings is 1. The number of ether oxygens (including phenoxy) is 1. The maximum Gasteiger partial charge on any atom is 0.254 e. The summed E-state index contributed by atoms with van der Waals surface area (Å²) in [4.78, 5) is 45.4. The van der Waals surface area contributed by atoms with Gasteiger partial charge >= 0.3 is 0 Å². The molecule has 9 rings (SSSR count). The molecule has 2 amide bonds. The molecule has 2 bridgehead atoms. The Bertz CT molecular complexity index is 2200. The lowest BCUT2D eigenvalue weighted by molar-refractivity contribution is 0.0691. The average molecular weight is 670 g/mol. The molecule has 12 heteroatoms. The molecule has 0 radical (unpaired) electrons. The van der Waals surface area contributed by atoms with Gasteiger partial charge in [-0.3, -0.25) is 9.59 Å². The molecule has 2 aliphatic carbocycles. The Kier molecular flexibility index (Phi) is 7.35. The Balaban J connectivity index is 1.14. The Morgan fingerprint density at radius 3 is 2.54 bits per heavy atom. The van der Waals surface area contributed by atoms with E-state index in [9.17, 15) is 14.9 Å². The number of hydrogen-bond acceptors (Lipinski definition) is 8. The number of fused-ring (bicyclic) bond motifs is 4. The second kappa shape index (κ2) is 11.9. The van der Waals surface area contributed by atoms with E-state index in [1.54, 1.807) is 19.2 Å². The van der Waals surface area contributed by atoms with Crippen LogP contribution in [0.1, 0.15) is 71.0 Å². The first-order chi connectivity index (χ1) is 24.4. The van der Waals surface area contributed by atoms with Gasteiger partial charge in [0.05, 0.1) is 18.3 Å². The molecule has 4 aliphatic rings. The van der Waals surface area contributed by atoms with Gasteiger partial charge in [0.15, 0.2) is 5.82 Å². The number of piperidine rings is 2. The molecule has 3 atom stereocenters. The highest BCUT2D eigenvalue weighted by Crippen LogP contribution is 2.42. The minimum absolute atomic E-state index is 0.00859. The van der Waals surface area contributed by atoms with Gasteiger partial charge in [0.25, 0.3) is 11.8 Å². The van der Waals surface area contributed by atoms with E-state index < -0.39 is 0 Å². The number of rotatable bonds is 7. The van der Waals surface area contributed by atoms with Crippen molar-refractivity contribution in [3.63, 3.8) is 0 Å². The maximum absolute atomic E-state index is 14.0. The number of amides is 2. The number of methoxy groups -OCH3 is 1. The van der Waals surface area contributed by atoms with Crippen molar-refractivity contribution >= 4 is 33.9 Å². The Hall–Kier alpha value is -5.28. The van der Waals surface area contributed by atoms with E-state index in [0.29, 0.717) is 66.7 Å². The zero-order valence-electron chi connectivity index (χ0n) is 28.0. The molecule has 4 fully saturated rings. The summed E-state index contributed by atoms with van der Waals surface area (Å²) in [6, 6.07) is 15.4. The number of nitriles is 1. The number of likely N-dealkylation sites (tertiary alicyclic amines) is 2. The van der Waals surface area contributed by atoms with Gasteiger partial charge in [-0.15, -0.1) is 0 Å². The standard InChI is InChI=1S/C38H39N9O3/c1-50-32-18-26(38(49)46-21-25-6-7-30(46)33(25)40)16-29-34(32)47(28-9-13-44(14-10-28)37(48)24-8-12-41-27(15-24)19-39)36(43-29)31-17-23-3-2-11-42-35(23)45(31)20-22-4-5-22/h2-3,8,11-12,15-18,22,25,28,30,33H,4-7,9-10,13-14,20-21,40H2,1H3/t25?,30?,33-/m1/s1. The molecule has 6 heterocycles. The van der Waals surface area contributed by atoms with Crippen molar-refractivity contribution < 1.29 is 14.3 Å². The molecule has 2 saturated heterocycles. The first-order valence-corrected chi connectivity index (χ1v) is 17.7. The van der Waals surface area contributed by atoms with Crippen molar-refractivity contribution in [3.05, 3.63) is 71.7 Å². The van der Waals surface area contributed by atoms with Crippen LogP contribution in [-0.2, 0) is 6.54 Å². The van der Waals surface area contributed by atoms with E-state index >= 15 is 0 Å². The van der Waals surface area contributed by atoms with Crippen LogP contribution in [0.4, 0.5) is 0 Å². The Morgan fingerprint density at radius 1 is 0.980 bits per heavy atom. The highest BCUT2D eigenvalue weighted by atomic mass is 16.5. The minimum Gasteiger partial charge on any atom is -0.494 e. The van der Waals surface area contributed by atoms with Gasteiger partial charge < -0.3 is 29.4 Å². The summed E-state index contributed by atoms with van der Waals surface area (Å²) in [7, 11) is 1.65. The lowest BCUT2D eigenvalue weighted by atomic mass is 10.0. The van der Waals surface area contributed by atoms with Crippen LogP contribution in [0, 0.1) is 23.2 Å². The molecular weight excluding hydrogens is 630 g/mol. The summed E-state index contributed by atoms with van der Waals surface area (Å²) >= 11 is 0. The zero-order valence-corrected chi connectivity index (χ0v) is 28.0. The highest BCUT2D eigenvalue weighted by molar-refractivity contribution is 6.01. The van der Waals surface area contributed by atoms with Gasteiger partial charge in [-0.05, 0) is 92.8 Å². The largest absolute Gasteiger partial charge is 0.494 e. The highest BCUT2D eigenvalue weighted by Gasteiger charge is 2.47. The quantitative estimate of drug-likeness (QED) is 0.261. The third kappa shape index (κ3) is 5.02. The van der Waals surface area contributed by atoms with E-state index in [-0.39, 0.29) is 35.6 Å². The van der Waals surface area contributed by atoms with Crippen LogP contribution in [0.15, 0.2) is 54.9 Å². The molecule has 50 heavy (non-hydrogen) atoms. The predicted molar refractivity (Wildman–Crippen MR) is 186 cm³/mol. The fraction of sp³-hybridized carbons (Fsp3) is 0.421. The molecule has 5 aromatic rings. The van der Waals surface area contributed by atoms with Crippen molar-refractivity contribution in [1.82, 2.24) is 33.9 Å². The fourth-order valence-electron chi connectivity index (χ4n) is 8.61. The van der Waals surface area contributed by atoms with Crippen LogP contribution in [0.25, 0.3) is 33.6 Å². The summed E-state index contributed by atoms with van der Waals surface area (Å²) in [6.45, 7) is 2.63. The van der Waals surface area contributed by atoms with E-state index in [4.69, 9.17) is 20.4 Å². The molecule has 2 unspecified atom stereocenters. The minimum atomic E-state index is -0.107. The summed E-state index contributed by atoms with van der Waals surface area (Å²) in [6.07, 6.45) is 9.14. The number of nitrogens with zero attached hydrogens (tertiary/aromatic N) is 8. The van der Waals surface area contributed by atoms with Gasteiger partial charge in [-0.2, -0.15) is 5.26 Å². The number of carbonyl (C=O) groups excluding carboxylic acids is 2. The van der Waals surface area contributed by atoms with Crippen molar-refractivity contribution in [3.8, 4) is 23.3 Å². The zero-order chi connectivity index (χ0) is 34.1. The molecule has 4 aromatic heterocycles. The van der Waals surface area contributed by atoms with Crippen LogP contribution in [0.5, 0.6) is 5.75 Å². The summed E-state index contributed by atoms with van der Waals surface area (Å²) in [5, 5.41) is 10.4. The molecule has 254 valence electrons. The monoisotopic (exact) mass is 669 g/mol. The Labute approximate surface area is 289 Å². The van der Waals surface area contributed by atoms with E-state index in [1.165, 1.54) is 19.0 Å². The van der Waals surface area contributed by atoms with E-state index in [2.05, 4.69) is 26.3 Å². The number of hydrogen-bond donors (Lipinski definition) is 1. The molecule has 2 saturated carbocycles. The Morgan fingerprint density at radius 2 is 1.82 bits per heavy atom. The maximum atomic E-state index is 14.0. The van der Waals surface area contributed by atoms with Gasteiger partial charge in [-0.25, -0.2) is 15.0 Å².